The van der Waals surface area contributed by atoms with E-state index >= 15 is 0 Å². The Kier molecular flexibility index (Phi) is 7.35. The number of anilines is 1. The normalized spacial score (nSPS) is 16.8. The van der Waals surface area contributed by atoms with Crippen molar-refractivity contribution in [1.29, 1.82) is 0 Å². The van der Waals surface area contributed by atoms with Gasteiger partial charge in [0.1, 0.15) is 23.0 Å². The SMILES string of the molecule is CCc1ccc(C2/C(=C(\O)c3ccc(OC)c(Br)c3)C(=O)C(=O)N2c2cc(OC)cc(OC)c2)cc1. The Morgan fingerprint density at radius 3 is 2.08 bits per heavy atom. The number of carbonyl (C=O) groups excluding carboxylic acids is 2. The fraction of sp³-hybridized carbons (Fsp3) is 0.214. The van der Waals surface area contributed by atoms with Crippen molar-refractivity contribution in [1.82, 2.24) is 0 Å². The van der Waals surface area contributed by atoms with Crippen molar-refractivity contribution < 1.29 is 28.9 Å². The monoisotopic (exact) mass is 551 g/mol. The van der Waals surface area contributed by atoms with Crippen molar-refractivity contribution in [2.24, 2.45) is 0 Å². The Morgan fingerprint density at radius 2 is 1.56 bits per heavy atom. The van der Waals surface area contributed by atoms with Crippen LogP contribution in [-0.2, 0) is 16.0 Å². The number of Topliss-reactive ketones (excluding diaryl/α,β-unsaturated/α-hetero) is 1. The minimum Gasteiger partial charge on any atom is -0.507 e. The quantitative estimate of drug-likeness (QED) is 0.231. The number of hydrogen-bond donors (Lipinski definition) is 1. The third-order valence-electron chi connectivity index (χ3n) is 6.19. The Labute approximate surface area is 218 Å². The molecule has 8 heteroatoms. The van der Waals surface area contributed by atoms with Crippen LogP contribution >= 0.6 is 15.9 Å². The highest BCUT2D eigenvalue weighted by Crippen LogP contribution is 2.44. The molecule has 186 valence electrons. The second kappa shape index (κ2) is 10.5. The van der Waals surface area contributed by atoms with Crippen LogP contribution < -0.4 is 19.1 Å². The maximum absolute atomic E-state index is 13.4. The fourth-order valence-electron chi connectivity index (χ4n) is 4.25. The molecular weight excluding hydrogens is 526 g/mol. The minimum absolute atomic E-state index is 0.0110. The van der Waals surface area contributed by atoms with Gasteiger partial charge in [0.2, 0.25) is 0 Å². The zero-order valence-electron chi connectivity index (χ0n) is 20.4. The van der Waals surface area contributed by atoms with Gasteiger partial charge in [-0.05, 0) is 51.7 Å². The molecule has 1 atom stereocenters. The van der Waals surface area contributed by atoms with Crippen LogP contribution in [0.2, 0.25) is 0 Å². The first kappa shape index (κ1) is 25.3. The molecule has 0 radical (unpaired) electrons. The number of ketones is 1. The number of carbonyl (C=O) groups is 2. The van der Waals surface area contributed by atoms with E-state index in [0.29, 0.717) is 38.5 Å². The molecule has 0 saturated carbocycles. The Bertz CT molecular complexity index is 1330. The molecule has 0 spiro atoms. The largest absolute Gasteiger partial charge is 0.507 e. The zero-order valence-corrected chi connectivity index (χ0v) is 22.0. The number of aliphatic hydroxyl groups excluding tert-OH is 1. The molecule has 4 rings (SSSR count). The second-order valence-corrected chi connectivity index (χ2v) is 9.04. The lowest BCUT2D eigenvalue weighted by molar-refractivity contribution is -0.132. The fourth-order valence-corrected chi connectivity index (χ4v) is 4.79. The van der Waals surface area contributed by atoms with Crippen LogP contribution in [0.1, 0.15) is 29.7 Å². The van der Waals surface area contributed by atoms with Crippen LogP contribution in [0.25, 0.3) is 5.76 Å². The third kappa shape index (κ3) is 4.56. The first-order chi connectivity index (χ1) is 17.3. The van der Waals surface area contributed by atoms with E-state index < -0.39 is 17.7 Å². The summed E-state index contributed by atoms with van der Waals surface area (Å²) in [5.74, 6) is -0.327. The van der Waals surface area contributed by atoms with Crippen LogP contribution in [0.4, 0.5) is 5.69 Å². The molecule has 1 unspecified atom stereocenters. The van der Waals surface area contributed by atoms with Gasteiger partial charge in [-0.2, -0.15) is 0 Å². The molecule has 3 aromatic carbocycles. The number of ether oxygens (including phenoxy) is 3. The third-order valence-corrected chi connectivity index (χ3v) is 6.81. The predicted molar refractivity (Wildman–Crippen MR) is 141 cm³/mol. The summed E-state index contributed by atoms with van der Waals surface area (Å²) in [6, 6.07) is 16.7. The van der Waals surface area contributed by atoms with Crippen LogP contribution in [0.5, 0.6) is 17.2 Å². The average molecular weight is 552 g/mol. The standard InChI is InChI=1S/C28H26BrNO6/c1-5-16-6-8-17(9-7-16)25-24(26(31)18-10-11-23(36-4)22(29)12-18)27(32)28(33)30(25)19-13-20(34-2)15-21(14-19)35-3/h6-15,25,31H,5H2,1-4H3/b26-24+. The number of halogens is 1. The van der Waals surface area contributed by atoms with Gasteiger partial charge in [-0.15, -0.1) is 0 Å². The van der Waals surface area contributed by atoms with Crippen LogP contribution in [-0.4, -0.2) is 38.1 Å². The number of aliphatic hydroxyl groups is 1. The summed E-state index contributed by atoms with van der Waals surface area (Å²) in [7, 11) is 4.55. The Hall–Kier alpha value is -3.78. The first-order valence-corrected chi connectivity index (χ1v) is 12.1. The molecule has 1 N–H and O–H groups in total. The highest BCUT2D eigenvalue weighted by atomic mass is 79.9. The average Bonchev–Trinajstić information content (AvgIpc) is 3.17. The summed E-state index contributed by atoms with van der Waals surface area (Å²) in [5, 5.41) is 11.4. The van der Waals surface area contributed by atoms with E-state index in [1.807, 2.05) is 31.2 Å². The van der Waals surface area contributed by atoms with Crippen LogP contribution in [0.3, 0.4) is 0 Å². The number of amides is 1. The number of benzene rings is 3. The number of hydrogen-bond acceptors (Lipinski definition) is 6. The van der Waals surface area contributed by atoms with Crippen LogP contribution in [0.15, 0.2) is 70.7 Å². The summed E-state index contributed by atoms with van der Waals surface area (Å²) in [4.78, 5) is 28.2. The zero-order chi connectivity index (χ0) is 26.0. The van der Waals surface area contributed by atoms with E-state index in [1.54, 1.807) is 36.4 Å². The predicted octanol–water partition coefficient (Wildman–Crippen LogP) is 5.66. The molecule has 0 aromatic heterocycles. The maximum atomic E-state index is 13.4. The Balaban J connectivity index is 1.95. The van der Waals surface area contributed by atoms with Crippen LogP contribution in [0, 0.1) is 0 Å². The van der Waals surface area contributed by atoms with Gasteiger partial charge in [0.15, 0.2) is 0 Å². The van der Waals surface area contributed by atoms with E-state index in [1.165, 1.54) is 26.2 Å². The van der Waals surface area contributed by atoms with Gasteiger partial charge in [-0.25, -0.2) is 0 Å². The molecule has 1 amide bonds. The van der Waals surface area contributed by atoms with Gasteiger partial charge in [0, 0.05) is 23.8 Å². The molecule has 1 aliphatic rings. The van der Waals surface area contributed by atoms with Gasteiger partial charge in [0.25, 0.3) is 11.7 Å². The minimum atomic E-state index is -0.867. The van der Waals surface area contributed by atoms with Gasteiger partial charge in [0.05, 0.1) is 43.1 Å². The summed E-state index contributed by atoms with van der Waals surface area (Å²) in [6.45, 7) is 2.05. The molecule has 1 aliphatic heterocycles. The number of rotatable bonds is 7. The van der Waals surface area contributed by atoms with Crippen molar-refractivity contribution >= 4 is 39.1 Å². The second-order valence-electron chi connectivity index (χ2n) is 8.18. The van der Waals surface area contributed by atoms with E-state index in [9.17, 15) is 14.7 Å². The molecular formula is C28H26BrNO6. The molecule has 0 aliphatic carbocycles. The van der Waals surface area contributed by atoms with Gasteiger partial charge in [-0.3, -0.25) is 14.5 Å². The molecule has 3 aromatic rings. The van der Waals surface area contributed by atoms with Crippen molar-refractivity contribution in [3.63, 3.8) is 0 Å². The number of nitrogens with zero attached hydrogens (tertiary/aromatic N) is 1. The first-order valence-electron chi connectivity index (χ1n) is 11.3. The van der Waals surface area contributed by atoms with E-state index in [2.05, 4.69) is 15.9 Å². The molecule has 1 heterocycles. The summed E-state index contributed by atoms with van der Waals surface area (Å²) < 4.78 is 16.7. The van der Waals surface area contributed by atoms with E-state index in [0.717, 1.165) is 12.0 Å². The molecule has 36 heavy (non-hydrogen) atoms. The summed E-state index contributed by atoms with van der Waals surface area (Å²) in [6.07, 6.45) is 0.841. The smallest absolute Gasteiger partial charge is 0.300 e. The highest BCUT2D eigenvalue weighted by Gasteiger charge is 2.47. The number of methoxy groups -OCH3 is 3. The number of aryl methyl sites for hydroxylation is 1. The van der Waals surface area contributed by atoms with E-state index in [4.69, 9.17) is 14.2 Å². The molecule has 1 saturated heterocycles. The van der Waals surface area contributed by atoms with Gasteiger partial charge >= 0.3 is 0 Å². The molecule has 0 bridgehead atoms. The summed E-state index contributed by atoms with van der Waals surface area (Å²) in [5.41, 5.74) is 2.56. The van der Waals surface area contributed by atoms with Gasteiger partial charge < -0.3 is 19.3 Å². The van der Waals surface area contributed by atoms with Gasteiger partial charge in [-0.1, -0.05) is 31.2 Å². The van der Waals surface area contributed by atoms with Crippen molar-refractivity contribution in [3.05, 3.63) is 87.4 Å². The van der Waals surface area contributed by atoms with E-state index in [-0.39, 0.29) is 11.3 Å². The van der Waals surface area contributed by atoms with Crippen molar-refractivity contribution in [3.8, 4) is 17.2 Å². The lowest BCUT2D eigenvalue weighted by atomic mass is 9.94. The summed E-state index contributed by atoms with van der Waals surface area (Å²) >= 11 is 3.42. The lowest BCUT2D eigenvalue weighted by Crippen LogP contribution is -2.29. The Morgan fingerprint density at radius 1 is 0.917 bits per heavy atom. The maximum Gasteiger partial charge on any atom is 0.300 e. The van der Waals surface area contributed by atoms with Crippen molar-refractivity contribution in [2.45, 2.75) is 19.4 Å². The highest BCUT2D eigenvalue weighted by molar-refractivity contribution is 9.10. The topological polar surface area (TPSA) is 85.3 Å². The molecule has 7 nitrogen and oxygen atoms in total. The van der Waals surface area contributed by atoms with Crippen molar-refractivity contribution in [2.75, 3.05) is 26.2 Å². The lowest BCUT2D eigenvalue weighted by Gasteiger charge is -2.26. The molecule has 1 fully saturated rings.